The molecule has 2 aromatic rings. The molecule has 1 unspecified atom stereocenters. The highest BCUT2D eigenvalue weighted by molar-refractivity contribution is 7.90. The predicted octanol–water partition coefficient (Wildman–Crippen LogP) is 3.86. The van der Waals surface area contributed by atoms with Crippen LogP contribution < -0.4 is 10.5 Å². The maximum absolute atomic E-state index is 12.3. The number of likely N-dealkylation sites (tertiary alicyclic amines) is 1. The van der Waals surface area contributed by atoms with E-state index in [9.17, 15) is 8.42 Å². The molecule has 0 aromatic heterocycles. The number of ether oxygens (including phenoxy) is 1. The zero-order chi connectivity index (χ0) is 20.8. The number of benzene rings is 2. The fraction of sp³-hybridized carbons (Fsp3) is 0.429. The number of hydrogen-bond donors (Lipinski definition) is 1. The van der Waals surface area contributed by atoms with Gasteiger partial charge in [-0.3, -0.25) is 4.90 Å². The van der Waals surface area contributed by atoms with Crippen LogP contribution in [0, 0.1) is 0 Å². The molecule has 5 nitrogen and oxygen atoms in total. The van der Waals surface area contributed by atoms with Crippen LogP contribution in [0.25, 0.3) is 0 Å². The number of halogens is 2. The summed E-state index contributed by atoms with van der Waals surface area (Å²) in [5.74, 6) is 0.343. The highest BCUT2D eigenvalue weighted by Crippen LogP contribution is 2.44. The van der Waals surface area contributed by atoms with Gasteiger partial charge in [0.05, 0.1) is 6.04 Å². The van der Waals surface area contributed by atoms with Gasteiger partial charge < -0.3 is 10.5 Å². The minimum atomic E-state index is -3.43. The van der Waals surface area contributed by atoms with E-state index < -0.39 is 9.84 Å². The van der Waals surface area contributed by atoms with E-state index in [2.05, 4.69) is 4.90 Å². The lowest BCUT2D eigenvalue weighted by Crippen LogP contribution is -2.49. The Bertz CT molecular complexity index is 1030. The Labute approximate surface area is 181 Å². The molecule has 0 radical (unpaired) electrons. The minimum absolute atomic E-state index is 0.0138. The number of piperidine rings is 1. The van der Waals surface area contributed by atoms with Crippen LogP contribution in [0.1, 0.15) is 30.1 Å². The second kappa shape index (κ2) is 8.08. The smallest absolute Gasteiger partial charge is 0.179 e. The second-order valence-electron chi connectivity index (χ2n) is 7.88. The lowest BCUT2D eigenvalue weighted by atomic mass is 10.0. The fourth-order valence-electron chi connectivity index (χ4n) is 4.41. The Balaban J connectivity index is 1.76. The molecule has 1 aliphatic heterocycles. The summed E-state index contributed by atoms with van der Waals surface area (Å²) in [7, 11) is -3.43. The monoisotopic (exact) mass is 454 g/mol. The highest BCUT2D eigenvalue weighted by atomic mass is 35.5. The molecule has 1 fully saturated rings. The van der Waals surface area contributed by atoms with E-state index in [1.807, 2.05) is 6.07 Å². The van der Waals surface area contributed by atoms with Crippen LogP contribution in [0.4, 0.5) is 0 Å². The van der Waals surface area contributed by atoms with Crippen LogP contribution in [-0.2, 0) is 16.3 Å². The zero-order valence-electron chi connectivity index (χ0n) is 16.1. The molecule has 3 atom stereocenters. The summed E-state index contributed by atoms with van der Waals surface area (Å²) >= 11 is 12.8. The molecule has 0 spiro atoms. The number of para-hydroxylation sites is 1. The molecule has 1 saturated heterocycles. The summed E-state index contributed by atoms with van der Waals surface area (Å²) in [6.07, 6.45) is 3.55. The SMILES string of the molecule is CS(=O)(=O)c1ccccc1O[C@H]1c2cc(Cl)cc(Cl)c2C[C@@H]1N1CCCC(N)C1. The van der Waals surface area contributed by atoms with Gasteiger partial charge in [0.25, 0.3) is 0 Å². The molecule has 0 bridgehead atoms. The summed E-state index contributed by atoms with van der Waals surface area (Å²) in [5.41, 5.74) is 8.14. The lowest BCUT2D eigenvalue weighted by Gasteiger charge is -2.38. The average molecular weight is 455 g/mol. The molecule has 0 amide bonds. The van der Waals surface area contributed by atoms with Crippen molar-refractivity contribution >= 4 is 33.0 Å². The van der Waals surface area contributed by atoms with Gasteiger partial charge in [-0.05, 0) is 55.6 Å². The second-order valence-corrected chi connectivity index (χ2v) is 10.7. The van der Waals surface area contributed by atoms with Gasteiger partial charge in [-0.25, -0.2) is 8.42 Å². The van der Waals surface area contributed by atoms with Gasteiger partial charge in [0, 0.05) is 34.5 Å². The minimum Gasteiger partial charge on any atom is -0.483 e. The highest BCUT2D eigenvalue weighted by Gasteiger charge is 2.41. The molecule has 4 rings (SSSR count). The van der Waals surface area contributed by atoms with E-state index in [0.717, 1.165) is 37.1 Å². The first-order valence-electron chi connectivity index (χ1n) is 9.67. The van der Waals surface area contributed by atoms with Crippen molar-refractivity contribution in [1.29, 1.82) is 0 Å². The normalized spacial score (nSPS) is 25.0. The Kier molecular flexibility index (Phi) is 5.84. The number of rotatable bonds is 4. The third-order valence-electron chi connectivity index (χ3n) is 5.72. The van der Waals surface area contributed by atoms with Crippen molar-refractivity contribution < 1.29 is 13.2 Å². The Morgan fingerprint density at radius 2 is 1.97 bits per heavy atom. The Morgan fingerprint density at radius 1 is 1.21 bits per heavy atom. The first kappa shape index (κ1) is 20.9. The molecule has 2 aliphatic rings. The van der Waals surface area contributed by atoms with E-state index >= 15 is 0 Å². The Morgan fingerprint density at radius 3 is 2.69 bits per heavy atom. The number of fused-ring (bicyclic) bond motifs is 1. The summed E-state index contributed by atoms with van der Waals surface area (Å²) in [6.45, 7) is 1.70. The van der Waals surface area contributed by atoms with E-state index in [0.29, 0.717) is 22.2 Å². The van der Waals surface area contributed by atoms with Crippen LogP contribution in [0.2, 0.25) is 10.0 Å². The first-order chi connectivity index (χ1) is 13.7. The third-order valence-corrected chi connectivity index (χ3v) is 7.42. The van der Waals surface area contributed by atoms with E-state index in [4.69, 9.17) is 33.7 Å². The first-order valence-corrected chi connectivity index (χ1v) is 12.3. The largest absolute Gasteiger partial charge is 0.483 e. The van der Waals surface area contributed by atoms with Crippen LogP contribution in [0.5, 0.6) is 5.75 Å². The van der Waals surface area contributed by atoms with Crippen molar-refractivity contribution in [2.45, 2.75) is 42.3 Å². The van der Waals surface area contributed by atoms with Crippen molar-refractivity contribution in [2.24, 2.45) is 5.73 Å². The molecular formula is C21H24Cl2N2O3S. The summed E-state index contributed by atoms with van der Waals surface area (Å²) in [5, 5.41) is 1.15. The summed E-state index contributed by atoms with van der Waals surface area (Å²) in [6, 6.07) is 10.5. The molecular weight excluding hydrogens is 431 g/mol. The Hall–Kier alpha value is -1.31. The summed E-state index contributed by atoms with van der Waals surface area (Å²) < 4.78 is 30.9. The van der Waals surface area contributed by atoms with Gasteiger partial charge in [-0.15, -0.1) is 0 Å². The van der Waals surface area contributed by atoms with Crippen LogP contribution in [0.3, 0.4) is 0 Å². The van der Waals surface area contributed by atoms with Crippen molar-refractivity contribution in [1.82, 2.24) is 4.90 Å². The van der Waals surface area contributed by atoms with Gasteiger partial charge in [0.15, 0.2) is 9.84 Å². The average Bonchev–Trinajstić information content (AvgIpc) is 3.00. The predicted molar refractivity (Wildman–Crippen MR) is 116 cm³/mol. The quantitative estimate of drug-likeness (QED) is 0.758. The molecule has 156 valence electrons. The van der Waals surface area contributed by atoms with E-state index in [-0.39, 0.29) is 23.1 Å². The molecule has 2 aromatic carbocycles. The zero-order valence-corrected chi connectivity index (χ0v) is 18.5. The van der Waals surface area contributed by atoms with Gasteiger partial charge >= 0.3 is 0 Å². The van der Waals surface area contributed by atoms with Crippen LogP contribution in [-0.4, -0.2) is 44.7 Å². The van der Waals surface area contributed by atoms with Crippen molar-refractivity contribution in [3.8, 4) is 5.75 Å². The van der Waals surface area contributed by atoms with Gasteiger partial charge in [0.1, 0.15) is 16.7 Å². The molecule has 2 N–H and O–H groups in total. The number of sulfone groups is 1. The maximum Gasteiger partial charge on any atom is 0.179 e. The molecule has 0 saturated carbocycles. The number of nitrogens with two attached hydrogens (primary N) is 1. The van der Waals surface area contributed by atoms with Crippen molar-refractivity contribution in [3.05, 3.63) is 57.6 Å². The fourth-order valence-corrected chi connectivity index (χ4v) is 5.80. The van der Waals surface area contributed by atoms with Gasteiger partial charge in [-0.1, -0.05) is 35.3 Å². The number of nitrogens with zero attached hydrogens (tertiary/aromatic N) is 1. The van der Waals surface area contributed by atoms with Crippen molar-refractivity contribution in [3.63, 3.8) is 0 Å². The summed E-state index contributed by atoms with van der Waals surface area (Å²) in [4.78, 5) is 2.52. The van der Waals surface area contributed by atoms with Gasteiger partial charge in [0.2, 0.25) is 0 Å². The standard InChI is InChI=1S/C21H24Cl2N2O3S/c1-29(26,27)20-7-3-2-6-19(20)28-21-16-9-13(22)10-17(23)15(16)11-18(21)25-8-4-5-14(24)12-25/h2-3,6-7,9-10,14,18,21H,4-5,8,11-12,24H2,1H3/t14?,18-,21-/m0/s1. The van der Waals surface area contributed by atoms with E-state index in [1.165, 1.54) is 6.26 Å². The molecule has 1 heterocycles. The topological polar surface area (TPSA) is 72.6 Å². The molecule has 8 heteroatoms. The van der Waals surface area contributed by atoms with Crippen LogP contribution >= 0.6 is 23.2 Å². The molecule has 29 heavy (non-hydrogen) atoms. The van der Waals surface area contributed by atoms with Crippen molar-refractivity contribution in [2.75, 3.05) is 19.3 Å². The van der Waals surface area contributed by atoms with E-state index in [1.54, 1.807) is 30.3 Å². The number of hydrogen-bond acceptors (Lipinski definition) is 5. The maximum atomic E-state index is 12.3. The van der Waals surface area contributed by atoms with Gasteiger partial charge in [-0.2, -0.15) is 0 Å². The lowest BCUT2D eigenvalue weighted by molar-refractivity contribution is 0.0577. The molecule has 1 aliphatic carbocycles. The third kappa shape index (κ3) is 4.28. The van der Waals surface area contributed by atoms with Crippen LogP contribution in [0.15, 0.2) is 41.3 Å².